The van der Waals surface area contributed by atoms with Gasteiger partial charge in [0.15, 0.2) is 0 Å². The zero-order valence-electron chi connectivity index (χ0n) is 10.0. The highest BCUT2D eigenvalue weighted by Crippen LogP contribution is 2.23. The Balaban J connectivity index is 2.02. The van der Waals surface area contributed by atoms with E-state index in [1.807, 2.05) is 0 Å². The molecular formula is C13H17NO3. The van der Waals surface area contributed by atoms with E-state index >= 15 is 0 Å². The zero-order valence-corrected chi connectivity index (χ0v) is 10.0. The average Bonchev–Trinajstić information content (AvgIpc) is 2.39. The molecule has 0 N–H and O–H groups in total. The smallest absolute Gasteiger partial charge is 0.339 e. The Morgan fingerprint density at radius 2 is 2.06 bits per heavy atom. The molecule has 0 bridgehead atoms. The van der Waals surface area contributed by atoms with Crippen molar-refractivity contribution in [2.75, 3.05) is 7.11 Å². The van der Waals surface area contributed by atoms with Gasteiger partial charge in [0.1, 0.15) is 5.75 Å². The molecule has 0 spiro atoms. The highest BCUT2D eigenvalue weighted by atomic mass is 16.5. The van der Waals surface area contributed by atoms with E-state index in [0.29, 0.717) is 11.3 Å². The quantitative estimate of drug-likeness (QED) is 0.755. The van der Waals surface area contributed by atoms with Crippen LogP contribution in [0, 0.1) is 0 Å². The molecule has 1 aliphatic carbocycles. The lowest BCUT2D eigenvalue weighted by Gasteiger charge is -2.22. The maximum absolute atomic E-state index is 11.3. The second-order valence-corrected chi connectivity index (χ2v) is 4.28. The molecule has 0 amide bonds. The van der Waals surface area contributed by atoms with Gasteiger partial charge in [0.25, 0.3) is 0 Å². The molecule has 1 aromatic rings. The predicted molar refractivity (Wildman–Crippen MR) is 63.1 cm³/mol. The van der Waals surface area contributed by atoms with Crippen LogP contribution in [0.15, 0.2) is 18.5 Å². The Bertz CT molecular complexity index is 386. The van der Waals surface area contributed by atoms with E-state index in [4.69, 9.17) is 4.74 Å². The number of hydrogen-bond acceptors (Lipinski definition) is 4. The first-order chi connectivity index (χ1) is 8.29. The summed E-state index contributed by atoms with van der Waals surface area (Å²) in [5.74, 6) is 0.270. The Labute approximate surface area is 101 Å². The monoisotopic (exact) mass is 235 g/mol. The van der Waals surface area contributed by atoms with E-state index in [1.165, 1.54) is 32.6 Å². The van der Waals surface area contributed by atoms with Gasteiger partial charge in [0.05, 0.1) is 25.0 Å². The number of methoxy groups -OCH3 is 1. The fraction of sp³-hybridized carbons (Fsp3) is 0.538. The van der Waals surface area contributed by atoms with Crippen LogP contribution in [0.5, 0.6) is 5.75 Å². The van der Waals surface area contributed by atoms with Crippen LogP contribution in [0.1, 0.15) is 42.5 Å². The van der Waals surface area contributed by atoms with Crippen molar-refractivity contribution in [3.05, 3.63) is 24.0 Å². The Hall–Kier alpha value is -1.58. The van der Waals surface area contributed by atoms with Gasteiger partial charge in [-0.1, -0.05) is 6.42 Å². The minimum atomic E-state index is -0.383. The molecule has 2 rings (SSSR count). The Morgan fingerprint density at radius 1 is 1.29 bits per heavy atom. The number of ether oxygens (including phenoxy) is 2. The maximum atomic E-state index is 11.3. The SMILES string of the molecule is COC(=O)c1cncc(OC2CCCCC2)c1. The molecule has 1 aromatic heterocycles. The molecule has 0 atom stereocenters. The number of carbonyl (C=O) groups excluding carboxylic acids is 1. The molecule has 0 aromatic carbocycles. The number of rotatable bonds is 3. The van der Waals surface area contributed by atoms with Gasteiger partial charge in [-0.15, -0.1) is 0 Å². The van der Waals surface area contributed by atoms with Crippen LogP contribution in [0.25, 0.3) is 0 Å². The van der Waals surface area contributed by atoms with Gasteiger partial charge in [-0.05, 0) is 31.7 Å². The van der Waals surface area contributed by atoms with E-state index < -0.39 is 0 Å². The number of nitrogens with zero attached hydrogens (tertiary/aromatic N) is 1. The van der Waals surface area contributed by atoms with Gasteiger partial charge in [0, 0.05) is 6.20 Å². The molecule has 1 heterocycles. The first-order valence-electron chi connectivity index (χ1n) is 5.99. The number of hydrogen-bond donors (Lipinski definition) is 0. The summed E-state index contributed by atoms with van der Waals surface area (Å²) in [6.45, 7) is 0. The average molecular weight is 235 g/mol. The molecule has 1 aliphatic rings. The lowest BCUT2D eigenvalue weighted by molar-refractivity contribution is 0.0599. The zero-order chi connectivity index (χ0) is 12.1. The molecule has 0 radical (unpaired) electrons. The van der Waals surface area contributed by atoms with Gasteiger partial charge in [-0.25, -0.2) is 4.79 Å². The van der Waals surface area contributed by atoms with E-state index in [2.05, 4.69) is 9.72 Å². The highest BCUT2D eigenvalue weighted by molar-refractivity contribution is 5.89. The predicted octanol–water partition coefficient (Wildman–Crippen LogP) is 2.58. The van der Waals surface area contributed by atoms with Crippen LogP contribution >= 0.6 is 0 Å². The molecule has 0 saturated heterocycles. The molecule has 4 nitrogen and oxygen atoms in total. The van der Waals surface area contributed by atoms with Crippen molar-refractivity contribution in [2.24, 2.45) is 0 Å². The van der Waals surface area contributed by atoms with Gasteiger partial charge in [-0.3, -0.25) is 4.98 Å². The third-order valence-corrected chi connectivity index (χ3v) is 2.99. The van der Waals surface area contributed by atoms with Crippen LogP contribution in [0.2, 0.25) is 0 Å². The second-order valence-electron chi connectivity index (χ2n) is 4.28. The molecular weight excluding hydrogens is 218 g/mol. The summed E-state index contributed by atoms with van der Waals surface area (Å²) < 4.78 is 10.5. The van der Waals surface area contributed by atoms with Gasteiger partial charge in [-0.2, -0.15) is 0 Å². The summed E-state index contributed by atoms with van der Waals surface area (Å²) in [6, 6.07) is 1.69. The Kier molecular flexibility index (Phi) is 3.96. The van der Waals surface area contributed by atoms with Crippen molar-refractivity contribution in [1.29, 1.82) is 0 Å². The van der Waals surface area contributed by atoms with Crippen molar-refractivity contribution in [3.63, 3.8) is 0 Å². The standard InChI is InChI=1S/C13H17NO3/c1-16-13(15)10-7-12(9-14-8-10)17-11-5-3-2-4-6-11/h7-9,11H,2-6H2,1H3. The van der Waals surface area contributed by atoms with E-state index in [0.717, 1.165) is 12.8 Å². The summed E-state index contributed by atoms with van der Waals surface area (Å²) in [7, 11) is 1.36. The van der Waals surface area contributed by atoms with Crippen molar-refractivity contribution in [1.82, 2.24) is 4.98 Å². The first kappa shape index (κ1) is 11.9. The van der Waals surface area contributed by atoms with E-state index in [9.17, 15) is 4.79 Å². The maximum Gasteiger partial charge on any atom is 0.339 e. The minimum absolute atomic E-state index is 0.262. The fourth-order valence-electron chi connectivity index (χ4n) is 2.09. The lowest BCUT2D eigenvalue weighted by atomic mass is 9.98. The van der Waals surface area contributed by atoms with Gasteiger partial charge >= 0.3 is 5.97 Å². The van der Waals surface area contributed by atoms with E-state index in [1.54, 1.807) is 12.3 Å². The topological polar surface area (TPSA) is 48.4 Å². The minimum Gasteiger partial charge on any atom is -0.489 e. The van der Waals surface area contributed by atoms with Crippen LogP contribution < -0.4 is 4.74 Å². The van der Waals surface area contributed by atoms with Crippen LogP contribution in [0.4, 0.5) is 0 Å². The second kappa shape index (κ2) is 5.66. The number of pyridine rings is 1. The molecule has 17 heavy (non-hydrogen) atoms. The molecule has 1 fully saturated rings. The highest BCUT2D eigenvalue weighted by Gasteiger charge is 2.15. The van der Waals surface area contributed by atoms with Crippen molar-refractivity contribution in [2.45, 2.75) is 38.2 Å². The number of carbonyl (C=O) groups is 1. The lowest BCUT2D eigenvalue weighted by Crippen LogP contribution is -2.19. The Morgan fingerprint density at radius 3 is 2.76 bits per heavy atom. The fourth-order valence-corrected chi connectivity index (χ4v) is 2.09. The summed E-state index contributed by atoms with van der Waals surface area (Å²) in [5.41, 5.74) is 0.431. The van der Waals surface area contributed by atoms with Crippen molar-refractivity contribution in [3.8, 4) is 5.75 Å². The molecule has 4 heteroatoms. The molecule has 92 valence electrons. The van der Waals surface area contributed by atoms with Crippen molar-refractivity contribution < 1.29 is 14.3 Å². The van der Waals surface area contributed by atoms with Crippen LogP contribution in [-0.2, 0) is 4.74 Å². The number of esters is 1. The van der Waals surface area contributed by atoms with Crippen LogP contribution in [0.3, 0.4) is 0 Å². The summed E-state index contributed by atoms with van der Waals surface area (Å²) in [4.78, 5) is 15.3. The normalized spacial score (nSPS) is 16.5. The van der Waals surface area contributed by atoms with Crippen molar-refractivity contribution >= 4 is 5.97 Å². The van der Waals surface area contributed by atoms with Gasteiger partial charge < -0.3 is 9.47 Å². The summed E-state index contributed by atoms with van der Waals surface area (Å²) >= 11 is 0. The van der Waals surface area contributed by atoms with Crippen LogP contribution in [-0.4, -0.2) is 24.2 Å². The molecule has 1 saturated carbocycles. The van der Waals surface area contributed by atoms with Gasteiger partial charge in [0.2, 0.25) is 0 Å². The molecule has 0 aliphatic heterocycles. The summed E-state index contributed by atoms with van der Waals surface area (Å²) in [6.07, 6.45) is 9.29. The van der Waals surface area contributed by atoms with E-state index in [-0.39, 0.29) is 12.1 Å². The molecule has 0 unspecified atom stereocenters. The first-order valence-corrected chi connectivity index (χ1v) is 5.99. The third-order valence-electron chi connectivity index (χ3n) is 2.99. The number of aromatic nitrogens is 1. The third kappa shape index (κ3) is 3.19. The summed E-state index contributed by atoms with van der Waals surface area (Å²) in [5, 5.41) is 0. The largest absolute Gasteiger partial charge is 0.489 e.